The second kappa shape index (κ2) is 8.95. The number of hydrogen-bond donors (Lipinski definition) is 0. The monoisotopic (exact) mass is 428 g/mol. The molecule has 32 heavy (non-hydrogen) atoms. The first kappa shape index (κ1) is 20.4. The second-order valence-corrected chi connectivity index (χ2v) is 8.15. The molecule has 0 amide bonds. The maximum Gasteiger partial charge on any atom is 0.213 e. The van der Waals surface area contributed by atoms with E-state index in [4.69, 9.17) is 19.3 Å². The van der Waals surface area contributed by atoms with E-state index in [9.17, 15) is 0 Å². The normalized spacial score (nSPS) is 18.9. The van der Waals surface area contributed by atoms with Crippen molar-refractivity contribution in [3.05, 3.63) is 89.5 Å². The molecule has 0 saturated carbocycles. The number of benzene rings is 3. The smallest absolute Gasteiger partial charge is 0.213 e. The molecule has 5 heteroatoms. The molecule has 0 aliphatic carbocycles. The van der Waals surface area contributed by atoms with Gasteiger partial charge in [-0.25, -0.2) is 5.01 Å². The summed E-state index contributed by atoms with van der Waals surface area (Å²) in [5.41, 5.74) is 4.40. The van der Waals surface area contributed by atoms with Gasteiger partial charge in [0, 0.05) is 17.5 Å². The maximum absolute atomic E-state index is 6.45. The van der Waals surface area contributed by atoms with E-state index in [-0.39, 0.29) is 12.3 Å². The third kappa shape index (κ3) is 3.91. The van der Waals surface area contributed by atoms with Crippen molar-refractivity contribution in [1.29, 1.82) is 0 Å². The van der Waals surface area contributed by atoms with Crippen molar-refractivity contribution in [1.82, 2.24) is 5.01 Å². The van der Waals surface area contributed by atoms with Gasteiger partial charge in [-0.1, -0.05) is 31.5 Å². The number of ether oxygens (including phenoxy) is 3. The van der Waals surface area contributed by atoms with E-state index >= 15 is 0 Å². The van der Waals surface area contributed by atoms with Crippen LogP contribution in [0.1, 0.15) is 55.1 Å². The molecule has 2 atom stereocenters. The van der Waals surface area contributed by atoms with Crippen LogP contribution in [0.4, 0.5) is 0 Å². The van der Waals surface area contributed by atoms with E-state index in [1.54, 1.807) is 7.11 Å². The van der Waals surface area contributed by atoms with Crippen LogP contribution in [0.2, 0.25) is 0 Å². The number of fused-ring (bicyclic) bond motifs is 3. The van der Waals surface area contributed by atoms with Crippen LogP contribution in [-0.2, 0) is 0 Å². The molecule has 2 heterocycles. The molecule has 2 aliphatic heterocycles. The Morgan fingerprint density at radius 2 is 1.72 bits per heavy atom. The van der Waals surface area contributed by atoms with Crippen LogP contribution in [0.25, 0.3) is 0 Å². The number of hydrazone groups is 1. The van der Waals surface area contributed by atoms with Gasteiger partial charge in [-0.15, -0.1) is 0 Å². The second-order valence-electron chi connectivity index (χ2n) is 8.15. The molecular formula is C27H28N2O3. The molecule has 164 valence electrons. The fraction of sp³-hybridized carbons (Fsp3) is 0.296. The largest absolute Gasteiger partial charge is 0.497 e. The van der Waals surface area contributed by atoms with E-state index < -0.39 is 0 Å². The van der Waals surface area contributed by atoms with Crippen LogP contribution in [-0.4, -0.2) is 24.4 Å². The molecule has 5 rings (SSSR count). The van der Waals surface area contributed by atoms with Gasteiger partial charge in [-0.3, -0.25) is 0 Å². The molecule has 0 unspecified atom stereocenters. The Bertz CT molecular complexity index is 1090. The standard InChI is InChI=1S/C27H28N2O3/c1-3-4-17-31-22-15-11-20(12-16-22)27-29-25(23-7-5-6-8-26(23)32-27)18-24(28-29)19-9-13-21(30-2)14-10-19/h5-16,25,27H,3-4,17-18H2,1-2H3/t25-,27+/m1/s1. The van der Waals surface area contributed by atoms with Gasteiger partial charge >= 0.3 is 0 Å². The van der Waals surface area contributed by atoms with Gasteiger partial charge in [0.1, 0.15) is 17.2 Å². The van der Waals surface area contributed by atoms with Crippen LogP contribution in [0.3, 0.4) is 0 Å². The molecule has 0 radical (unpaired) electrons. The summed E-state index contributed by atoms with van der Waals surface area (Å²) < 4.78 is 17.6. The van der Waals surface area contributed by atoms with Gasteiger partial charge < -0.3 is 14.2 Å². The van der Waals surface area contributed by atoms with E-state index in [1.807, 2.05) is 36.4 Å². The highest BCUT2D eigenvalue weighted by Gasteiger charge is 2.40. The third-order valence-electron chi connectivity index (χ3n) is 6.05. The Kier molecular flexibility index (Phi) is 5.71. The zero-order valence-corrected chi connectivity index (χ0v) is 18.5. The van der Waals surface area contributed by atoms with Crippen molar-refractivity contribution < 1.29 is 14.2 Å². The molecule has 0 saturated heterocycles. The SMILES string of the molecule is CCCCOc1ccc([C@@H]2Oc3ccccc3[C@H]3CC(c4ccc(OC)cc4)=NN32)cc1. The number of methoxy groups -OCH3 is 1. The third-order valence-corrected chi connectivity index (χ3v) is 6.05. The average molecular weight is 429 g/mol. The van der Waals surface area contributed by atoms with Crippen LogP contribution in [0.5, 0.6) is 17.2 Å². The summed E-state index contributed by atoms with van der Waals surface area (Å²) in [6.07, 6.45) is 2.73. The van der Waals surface area contributed by atoms with Crippen LogP contribution in [0, 0.1) is 0 Å². The Hall–Kier alpha value is -3.47. The van der Waals surface area contributed by atoms with Gasteiger partial charge in [-0.05, 0) is 66.6 Å². The molecule has 0 fully saturated rings. The van der Waals surface area contributed by atoms with E-state index in [1.165, 1.54) is 5.56 Å². The van der Waals surface area contributed by atoms with Gasteiger partial charge in [0.25, 0.3) is 0 Å². The zero-order chi connectivity index (χ0) is 21.9. The Labute approximate surface area is 189 Å². The predicted molar refractivity (Wildman–Crippen MR) is 125 cm³/mol. The number of para-hydroxylation sites is 1. The molecule has 0 aromatic heterocycles. The lowest BCUT2D eigenvalue weighted by molar-refractivity contribution is -0.0190. The van der Waals surface area contributed by atoms with Crippen molar-refractivity contribution in [3.63, 3.8) is 0 Å². The molecule has 3 aromatic rings. The minimum absolute atomic E-state index is 0.141. The lowest BCUT2D eigenvalue weighted by Gasteiger charge is -2.38. The van der Waals surface area contributed by atoms with Crippen LogP contribution in [0.15, 0.2) is 77.9 Å². The predicted octanol–water partition coefficient (Wildman–Crippen LogP) is 6.12. The van der Waals surface area contributed by atoms with Gasteiger partial charge in [-0.2, -0.15) is 5.10 Å². The van der Waals surface area contributed by atoms with Crippen molar-refractivity contribution in [2.75, 3.05) is 13.7 Å². The van der Waals surface area contributed by atoms with Crippen molar-refractivity contribution in [2.24, 2.45) is 5.10 Å². The zero-order valence-electron chi connectivity index (χ0n) is 18.5. The Morgan fingerprint density at radius 3 is 2.47 bits per heavy atom. The van der Waals surface area contributed by atoms with Crippen molar-refractivity contribution in [2.45, 2.75) is 38.5 Å². The highest BCUT2D eigenvalue weighted by atomic mass is 16.5. The van der Waals surface area contributed by atoms with Gasteiger partial charge in [0.05, 0.1) is 25.5 Å². The van der Waals surface area contributed by atoms with E-state index in [0.717, 1.165) is 60.0 Å². The lowest BCUT2D eigenvalue weighted by Crippen LogP contribution is -2.33. The summed E-state index contributed by atoms with van der Waals surface area (Å²) >= 11 is 0. The lowest BCUT2D eigenvalue weighted by atomic mass is 9.96. The minimum atomic E-state index is -0.282. The average Bonchev–Trinajstić information content (AvgIpc) is 3.30. The van der Waals surface area contributed by atoms with E-state index in [2.05, 4.69) is 48.3 Å². The summed E-state index contributed by atoms with van der Waals surface area (Å²) in [5, 5.41) is 7.13. The Morgan fingerprint density at radius 1 is 0.969 bits per heavy atom. The fourth-order valence-corrected chi connectivity index (χ4v) is 4.28. The Balaban J connectivity index is 1.45. The summed E-state index contributed by atoms with van der Waals surface area (Å²) in [4.78, 5) is 0. The summed E-state index contributed by atoms with van der Waals surface area (Å²) in [6.45, 7) is 2.91. The quantitative estimate of drug-likeness (QED) is 0.426. The molecule has 0 N–H and O–H groups in total. The highest BCUT2D eigenvalue weighted by Crippen LogP contribution is 2.47. The van der Waals surface area contributed by atoms with Crippen molar-refractivity contribution >= 4 is 5.71 Å². The first-order chi connectivity index (χ1) is 15.8. The van der Waals surface area contributed by atoms with Crippen molar-refractivity contribution in [3.8, 4) is 17.2 Å². The summed E-state index contributed by atoms with van der Waals surface area (Å²) in [5.74, 6) is 2.66. The van der Waals surface area contributed by atoms with Gasteiger partial charge in [0.2, 0.25) is 6.23 Å². The minimum Gasteiger partial charge on any atom is -0.497 e. The molecule has 0 bridgehead atoms. The summed E-state index contributed by atoms with van der Waals surface area (Å²) in [6, 6.07) is 24.7. The van der Waals surface area contributed by atoms with Gasteiger partial charge in [0.15, 0.2) is 0 Å². The van der Waals surface area contributed by atoms with Crippen LogP contribution < -0.4 is 14.2 Å². The molecule has 5 nitrogen and oxygen atoms in total. The first-order valence-corrected chi connectivity index (χ1v) is 11.3. The molecule has 3 aromatic carbocycles. The van der Waals surface area contributed by atoms with E-state index in [0.29, 0.717) is 0 Å². The molecule has 2 aliphatic rings. The topological polar surface area (TPSA) is 43.3 Å². The number of nitrogens with zero attached hydrogens (tertiary/aromatic N) is 2. The number of unbranched alkanes of at least 4 members (excludes halogenated alkanes) is 1. The molecular weight excluding hydrogens is 400 g/mol. The summed E-state index contributed by atoms with van der Waals surface area (Å²) in [7, 11) is 1.68. The number of rotatable bonds is 7. The number of hydrogen-bond acceptors (Lipinski definition) is 5. The molecule has 0 spiro atoms. The maximum atomic E-state index is 6.45. The van der Waals surface area contributed by atoms with Crippen LogP contribution >= 0.6 is 0 Å². The first-order valence-electron chi connectivity index (χ1n) is 11.3. The highest BCUT2D eigenvalue weighted by molar-refractivity contribution is 6.02. The fourth-order valence-electron chi connectivity index (χ4n) is 4.28.